The van der Waals surface area contributed by atoms with Crippen LogP contribution in [0.5, 0.6) is 5.75 Å². The summed E-state index contributed by atoms with van der Waals surface area (Å²) in [7, 11) is 0. The Morgan fingerprint density at radius 1 is 1.47 bits per heavy atom. The van der Waals surface area contributed by atoms with Gasteiger partial charge in [0.05, 0.1) is 0 Å². The Morgan fingerprint density at radius 3 is 2.89 bits per heavy atom. The second kappa shape index (κ2) is 5.87. The topological polar surface area (TPSA) is 50.4 Å². The fraction of sp³-hybridized carbons (Fsp3) is 0.0769. The first-order valence-electron chi connectivity index (χ1n) is 5.30. The van der Waals surface area contributed by atoms with Gasteiger partial charge in [0.15, 0.2) is 5.11 Å². The standard InChI is InChI=1S/C13H9BrN2O2S/c1-2-5-18-11-4-3-9(14)6-8(11)7-10-12(17)16-13(19)15-10/h1,3-4,6-7H,5H2,(H2,15,16,17,19). The van der Waals surface area contributed by atoms with Crippen molar-refractivity contribution < 1.29 is 9.53 Å². The predicted molar refractivity (Wildman–Crippen MR) is 80.3 cm³/mol. The van der Waals surface area contributed by atoms with Crippen LogP contribution in [0.25, 0.3) is 6.08 Å². The summed E-state index contributed by atoms with van der Waals surface area (Å²) in [6, 6.07) is 5.44. The van der Waals surface area contributed by atoms with Crippen molar-refractivity contribution in [3.8, 4) is 18.1 Å². The highest BCUT2D eigenvalue weighted by Gasteiger charge is 2.20. The molecule has 0 aliphatic carbocycles. The molecule has 19 heavy (non-hydrogen) atoms. The fourth-order valence-corrected chi connectivity index (χ4v) is 2.10. The Labute approximate surface area is 124 Å². The summed E-state index contributed by atoms with van der Waals surface area (Å²) in [6.07, 6.45) is 6.82. The van der Waals surface area contributed by atoms with E-state index >= 15 is 0 Å². The van der Waals surface area contributed by atoms with Crippen molar-refractivity contribution >= 4 is 45.2 Å². The number of hydrogen-bond donors (Lipinski definition) is 2. The molecule has 96 valence electrons. The van der Waals surface area contributed by atoms with Crippen molar-refractivity contribution in [2.24, 2.45) is 0 Å². The van der Waals surface area contributed by atoms with Crippen LogP contribution < -0.4 is 15.4 Å². The van der Waals surface area contributed by atoms with Crippen molar-refractivity contribution in [1.29, 1.82) is 0 Å². The monoisotopic (exact) mass is 336 g/mol. The Morgan fingerprint density at radius 2 is 2.26 bits per heavy atom. The van der Waals surface area contributed by atoms with Crippen molar-refractivity contribution in [3.63, 3.8) is 0 Å². The van der Waals surface area contributed by atoms with Crippen LogP contribution in [0.2, 0.25) is 0 Å². The summed E-state index contributed by atoms with van der Waals surface area (Å²) in [6.45, 7) is 0.163. The number of terminal acetylenes is 1. The van der Waals surface area contributed by atoms with Gasteiger partial charge in [-0.1, -0.05) is 21.9 Å². The lowest BCUT2D eigenvalue weighted by atomic mass is 10.1. The lowest BCUT2D eigenvalue weighted by molar-refractivity contribution is -0.115. The second-order valence-electron chi connectivity index (χ2n) is 3.64. The molecule has 0 saturated carbocycles. The maximum atomic E-state index is 11.6. The van der Waals surface area contributed by atoms with Gasteiger partial charge in [0.1, 0.15) is 18.1 Å². The first-order chi connectivity index (χ1) is 9.10. The molecule has 1 aromatic rings. The summed E-state index contributed by atoms with van der Waals surface area (Å²) in [5, 5.41) is 5.56. The quantitative estimate of drug-likeness (QED) is 0.502. The SMILES string of the molecule is C#CCOc1ccc(Br)cc1C=C1NC(=S)NC1=O. The summed E-state index contributed by atoms with van der Waals surface area (Å²) in [5.74, 6) is 2.72. The van der Waals surface area contributed by atoms with Crippen molar-refractivity contribution in [1.82, 2.24) is 10.6 Å². The number of halogens is 1. The van der Waals surface area contributed by atoms with Gasteiger partial charge in [0, 0.05) is 10.0 Å². The van der Waals surface area contributed by atoms with Gasteiger partial charge in [0.25, 0.3) is 5.91 Å². The Kier molecular flexibility index (Phi) is 4.20. The van der Waals surface area contributed by atoms with Gasteiger partial charge in [0.2, 0.25) is 0 Å². The van der Waals surface area contributed by atoms with E-state index in [1.54, 1.807) is 12.1 Å². The van der Waals surface area contributed by atoms with Crippen LogP contribution in [0.1, 0.15) is 5.56 Å². The van der Waals surface area contributed by atoms with Crippen LogP contribution in [0, 0.1) is 12.3 Å². The maximum Gasteiger partial charge on any atom is 0.273 e. The molecule has 1 saturated heterocycles. The van der Waals surface area contributed by atoms with Crippen molar-refractivity contribution in [3.05, 3.63) is 33.9 Å². The molecule has 0 aromatic heterocycles. The lowest BCUT2D eigenvalue weighted by Crippen LogP contribution is -2.21. The molecule has 2 N–H and O–H groups in total. The highest BCUT2D eigenvalue weighted by atomic mass is 79.9. The van der Waals surface area contributed by atoms with Crippen LogP contribution in [0.15, 0.2) is 28.4 Å². The molecule has 1 aliphatic heterocycles. The third-order valence-corrected chi connectivity index (χ3v) is 3.00. The zero-order valence-electron chi connectivity index (χ0n) is 9.70. The molecule has 1 heterocycles. The normalized spacial score (nSPS) is 15.9. The van der Waals surface area contributed by atoms with Crippen LogP contribution in [-0.4, -0.2) is 17.6 Å². The minimum atomic E-state index is -0.270. The third-order valence-electron chi connectivity index (χ3n) is 2.30. The van der Waals surface area contributed by atoms with E-state index in [0.717, 1.165) is 10.0 Å². The molecule has 1 amide bonds. The molecule has 0 spiro atoms. The number of ether oxygens (including phenoxy) is 1. The molecule has 0 radical (unpaired) electrons. The minimum absolute atomic E-state index is 0.163. The average Bonchev–Trinajstić information content (AvgIpc) is 2.67. The number of hydrogen-bond acceptors (Lipinski definition) is 3. The van der Waals surface area contributed by atoms with Crippen LogP contribution in [0.3, 0.4) is 0 Å². The van der Waals surface area contributed by atoms with Gasteiger partial charge in [-0.25, -0.2) is 0 Å². The first-order valence-corrected chi connectivity index (χ1v) is 6.50. The van der Waals surface area contributed by atoms with Gasteiger partial charge < -0.3 is 10.1 Å². The zero-order valence-corrected chi connectivity index (χ0v) is 12.1. The molecular formula is C13H9BrN2O2S. The molecule has 2 rings (SSSR count). The van der Waals surface area contributed by atoms with E-state index in [9.17, 15) is 4.79 Å². The first kappa shape index (κ1) is 13.6. The van der Waals surface area contributed by atoms with Crippen molar-refractivity contribution in [2.45, 2.75) is 0 Å². The van der Waals surface area contributed by atoms with E-state index in [1.807, 2.05) is 12.1 Å². The van der Waals surface area contributed by atoms with Gasteiger partial charge >= 0.3 is 0 Å². The molecule has 4 nitrogen and oxygen atoms in total. The van der Waals surface area contributed by atoms with E-state index in [1.165, 1.54) is 0 Å². The number of rotatable bonds is 3. The molecule has 6 heteroatoms. The Balaban J connectivity index is 2.35. The van der Waals surface area contributed by atoms with Crippen molar-refractivity contribution in [2.75, 3.05) is 6.61 Å². The molecule has 1 fully saturated rings. The van der Waals surface area contributed by atoms with Gasteiger partial charge in [-0.15, -0.1) is 6.42 Å². The van der Waals surface area contributed by atoms with E-state index in [-0.39, 0.29) is 17.6 Å². The van der Waals surface area contributed by atoms with Crippen LogP contribution in [0.4, 0.5) is 0 Å². The summed E-state index contributed by atoms with van der Waals surface area (Å²) < 4.78 is 6.29. The Bertz CT molecular complexity index is 620. The number of carbonyl (C=O) groups is 1. The van der Waals surface area contributed by atoms with E-state index in [4.69, 9.17) is 23.4 Å². The van der Waals surface area contributed by atoms with Crippen LogP contribution in [-0.2, 0) is 4.79 Å². The third kappa shape index (κ3) is 3.34. The lowest BCUT2D eigenvalue weighted by Gasteiger charge is -2.07. The molecule has 0 unspecified atom stereocenters. The number of amides is 1. The predicted octanol–water partition coefficient (Wildman–Crippen LogP) is 1.81. The van der Waals surface area contributed by atoms with Gasteiger partial charge in [-0.3, -0.25) is 10.1 Å². The number of carbonyl (C=O) groups excluding carboxylic acids is 1. The van der Waals surface area contributed by atoms with Gasteiger partial charge in [-0.05, 0) is 36.5 Å². The molecule has 0 bridgehead atoms. The number of benzene rings is 1. The average molecular weight is 337 g/mol. The Hall–Kier alpha value is -1.84. The second-order valence-corrected chi connectivity index (χ2v) is 4.97. The number of nitrogens with one attached hydrogen (secondary N) is 2. The highest BCUT2D eigenvalue weighted by molar-refractivity contribution is 9.10. The van der Waals surface area contributed by atoms with E-state index < -0.39 is 0 Å². The van der Waals surface area contributed by atoms with E-state index in [2.05, 4.69) is 32.5 Å². The summed E-state index contributed by atoms with van der Waals surface area (Å²) >= 11 is 8.24. The molecular weight excluding hydrogens is 328 g/mol. The molecule has 1 aliphatic rings. The van der Waals surface area contributed by atoms with Gasteiger partial charge in [-0.2, -0.15) is 0 Å². The summed E-state index contributed by atoms with van der Waals surface area (Å²) in [5.41, 5.74) is 1.10. The number of thiocarbonyl (C=S) groups is 1. The summed E-state index contributed by atoms with van der Waals surface area (Å²) in [4.78, 5) is 11.6. The maximum absolute atomic E-state index is 11.6. The van der Waals surface area contributed by atoms with Crippen LogP contribution >= 0.6 is 28.1 Å². The van der Waals surface area contributed by atoms with E-state index in [0.29, 0.717) is 11.4 Å². The highest BCUT2D eigenvalue weighted by Crippen LogP contribution is 2.25. The minimum Gasteiger partial charge on any atom is -0.480 e. The fourth-order valence-electron chi connectivity index (χ4n) is 1.52. The molecule has 0 atom stereocenters. The smallest absolute Gasteiger partial charge is 0.273 e. The largest absolute Gasteiger partial charge is 0.480 e. The zero-order chi connectivity index (χ0) is 13.8. The molecule has 1 aromatic carbocycles.